The van der Waals surface area contributed by atoms with Crippen molar-refractivity contribution in [2.24, 2.45) is 0 Å². The smallest absolute Gasteiger partial charge is 0.123 e. The molecular weight excluding hydrogens is 162 g/mol. The van der Waals surface area contributed by atoms with Crippen LogP contribution in [0.2, 0.25) is 0 Å². The Balaban J connectivity index is 2.42. The van der Waals surface area contributed by atoms with Crippen molar-refractivity contribution in [3.63, 3.8) is 0 Å². The lowest BCUT2D eigenvalue weighted by atomic mass is 10.0. The second-order valence-electron chi connectivity index (χ2n) is 3.28. The molecule has 0 aliphatic heterocycles. The molecule has 0 amide bonds. The molecule has 0 aromatic heterocycles. The van der Waals surface area contributed by atoms with Crippen LogP contribution in [0.3, 0.4) is 0 Å². The van der Waals surface area contributed by atoms with Gasteiger partial charge in [0.2, 0.25) is 0 Å². The number of phenolic OH excluding ortho intramolecular Hbond substituents is 1. The highest BCUT2D eigenvalue weighted by atomic mass is 16.3. The van der Waals surface area contributed by atoms with Gasteiger partial charge in [0.05, 0.1) is 0 Å². The molecule has 0 saturated heterocycles. The van der Waals surface area contributed by atoms with Gasteiger partial charge in [-0.15, -0.1) is 0 Å². The topological polar surface area (TPSA) is 32.3 Å². The van der Waals surface area contributed by atoms with Gasteiger partial charge in [-0.25, -0.2) is 0 Å². The van der Waals surface area contributed by atoms with Crippen LogP contribution >= 0.6 is 0 Å². The van der Waals surface area contributed by atoms with Crippen molar-refractivity contribution in [1.82, 2.24) is 5.32 Å². The van der Waals surface area contributed by atoms with E-state index in [4.69, 9.17) is 0 Å². The molecule has 0 unspecified atom stereocenters. The Hall–Kier alpha value is -1.28. The molecule has 0 heterocycles. The van der Waals surface area contributed by atoms with E-state index in [2.05, 4.69) is 17.5 Å². The Morgan fingerprint density at radius 2 is 2.31 bits per heavy atom. The summed E-state index contributed by atoms with van der Waals surface area (Å²) in [7, 11) is 1.92. The highest BCUT2D eigenvalue weighted by molar-refractivity contribution is 5.78. The molecule has 2 nitrogen and oxygen atoms in total. The zero-order chi connectivity index (χ0) is 9.26. The van der Waals surface area contributed by atoms with Gasteiger partial charge in [0, 0.05) is 12.1 Å². The van der Waals surface area contributed by atoms with Gasteiger partial charge in [0.1, 0.15) is 5.75 Å². The summed E-state index contributed by atoms with van der Waals surface area (Å²) in [5.74, 6) is 0.400. The summed E-state index contributed by atoms with van der Waals surface area (Å²) in [6.45, 7) is 0.824. The van der Waals surface area contributed by atoms with Gasteiger partial charge in [0.25, 0.3) is 0 Å². The Bertz CT molecular complexity index is 355. The predicted molar refractivity (Wildman–Crippen MR) is 53.7 cm³/mol. The first-order chi connectivity index (χ1) is 6.33. The molecular formula is C11H13NO. The number of benzene rings is 1. The molecule has 2 heteroatoms. The number of allylic oxidation sites excluding steroid dienone is 1. The average molecular weight is 175 g/mol. The standard InChI is InChI=1S/C11H13NO/c1-12-7-9-6-5-8-3-2-4-10(13)11(8)9/h2-4,6,12-13H,5,7H2,1H3. The zero-order valence-corrected chi connectivity index (χ0v) is 7.67. The van der Waals surface area contributed by atoms with Crippen LogP contribution in [0.5, 0.6) is 5.75 Å². The van der Waals surface area contributed by atoms with Crippen LogP contribution < -0.4 is 5.32 Å². The van der Waals surface area contributed by atoms with Crippen molar-refractivity contribution in [3.05, 3.63) is 35.4 Å². The molecule has 0 spiro atoms. The van der Waals surface area contributed by atoms with E-state index in [9.17, 15) is 5.11 Å². The molecule has 0 radical (unpaired) electrons. The minimum absolute atomic E-state index is 0.400. The van der Waals surface area contributed by atoms with E-state index in [0.29, 0.717) is 5.75 Å². The minimum atomic E-state index is 0.400. The lowest BCUT2D eigenvalue weighted by Crippen LogP contribution is -2.08. The number of rotatable bonds is 2. The fraction of sp³-hybridized carbons (Fsp3) is 0.273. The Morgan fingerprint density at radius 3 is 3.08 bits per heavy atom. The van der Waals surface area contributed by atoms with E-state index >= 15 is 0 Å². The molecule has 0 atom stereocenters. The van der Waals surface area contributed by atoms with E-state index in [1.54, 1.807) is 6.07 Å². The Morgan fingerprint density at radius 1 is 1.46 bits per heavy atom. The predicted octanol–water partition coefficient (Wildman–Crippen LogP) is 1.55. The molecule has 1 aliphatic rings. The Labute approximate surface area is 77.9 Å². The van der Waals surface area contributed by atoms with Crippen molar-refractivity contribution in [2.75, 3.05) is 13.6 Å². The molecule has 0 bridgehead atoms. The third kappa shape index (κ3) is 1.33. The number of phenols is 1. The zero-order valence-electron chi connectivity index (χ0n) is 7.67. The lowest BCUT2D eigenvalue weighted by molar-refractivity contribution is 0.473. The molecule has 13 heavy (non-hydrogen) atoms. The van der Waals surface area contributed by atoms with Gasteiger partial charge in [-0.2, -0.15) is 0 Å². The van der Waals surface area contributed by atoms with Gasteiger partial charge in [0.15, 0.2) is 0 Å². The molecule has 1 aromatic carbocycles. The van der Waals surface area contributed by atoms with Gasteiger partial charge < -0.3 is 10.4 Å². The number of aromatic hydroxyl groups is 1. The summed E-state index contributed by atoms with van der Waals surface area (Å²) in [4.78, 5) is 0. The second-order valence-corrected chi connectivity index (χ2v) is 3.28. The maximum absolute atomic E-state index is 9.66. The molecule has 2 rings (SSSR count). The average Bonchev–Trinajstić information content (AvgIpc) is 2.51. The van der Waals surface area contributed by atoms with E-state index < -0.39 is 0 Å². The van der Waals surface area contributed by atoms with E-state index in [1.807, 2.05) is 13.1 Å². The first-order valence-corrected chi connectivity index (χ1v) is 4.48. The van der Waals surface area contributed by atoms with Crippen molar-refractivity contribution >= 4 is 5.57 Å². The molecule has 1 aliphatic carbocycles. The third-order valence-corrected chi connectivity index (χ3v) is 2.39. The molecule has 1 aromatic rings. The number of fused-ring (bicyclic) bond motifs is 1. The van der Waals surface area contributed by atoms with E-state index in [1.165, 1.54) is 11.1 Å². The maximum atomic E-state index is 9.66. The number of nitrogens with one attached hydrogen (secondary N) is 1. The van der Waals surface area contributed by atoms with Crippen LogP contribution in [0, 0.1) is 0 Å². The lowest BCUT2D eigenvalue weighted by Gasteiger charge is -2.06. The van der Waals surface area contributed by atoms with Crippen LogP contribution in [-0.4, -0.2) is 18.7 Å². The molecule has 0 saturated carbocycles. The molecule has 68 valence electrons. The van der Waals surface area contributed by atoms with Gasteiger partial charge in [-0.3, -0.25) is 0 Å². The summed E-state index contributed by atoms with van der Waals surface area (Å²) >= 11 is 0. The minimum Gasteiger partial charge on any atom is -0.507 e. The highest BCUT2D eigenvalue weighted by Crippen LogP contribution is 2.33. The summed E-state index contributed by atoms with van der Waals surface area (Å²) in [5, 5.41) is 12.8. The summed E-state index contributed by atoms with van der Waals surface area (Å²) in [6, 6.07) is 5.70. The first kappa shape index (κ1) is 8.32. The SMILES string of the molecule is CNCC1=CCc2cccc(O)c21. The Kier molecular flexibility index (Phi) is 2.07. The van der Waals surface area contributed by atoms with Crippen molar-refractivity contribution < 1.29 is 5.11 Å². The molecule has 0 fully saturated rings. The van der Waals surface area contributed by atoms with Crippen molar-refractivity contribution in [2.45, 2.75) is 6.42 Å². The van der Waals surface area contributed by atoms with E-state index in [-0.39, 0.29) is 0 Å². The van der Waals surface area contributed by atoms with Gasteiger partial charge >= 0.3 is 0 Å². The van der Waals surface area contributed by atoms with Crippen molar-refractivity contribution in [1.29, 1.82) is 0 Å². The number of likely N-dealkylation sites (N-methyl/N-ethyl adjacent to an activating group) is 1. The van der Waals surface area contributed by atoms with Crippen LogP contribution in [0.25, 0.3) is 5.57 Å². The second kappa shape index (κ2) is 3.23. The van der Waals surface area contributed by atoms with Crippen LogP contribution in [0.4, 0.5) is 0 Å². The largest absolute Gasteiger partial charge is 0.507 e. The number of hydrogen-bond acceptors (Lipinski definition) is 2. The van der Waals surface area contributed by atoms with Crippen LogP contribution in [-0.2, 0) is 6.42 Å². The fourth-order valence-corrected chi connectivity index (χ4v) is 1.81. The van der Waals surface area contributed by atoms with Crippen LogP contribution in [0.15, 0.2) is 24.3 Å². The number of hydrogen-bond donors (Lipinski definition) is 2. The van der Waals surface area contributed by atoms with Crippen molar-refractivity contribution in [3.8, 4) is 5.75 Å². The summed E-state index contributed by atoms with van der Waals surface area (Å²) in [5.41, 5.74) is 3.46. The van der Waals surface area contributed by atoms with E-state index in [0.717, 1.165) is 18.5 Å². The van der Waals surface area contributed by atoms with Crippen LogP contribution in [0.1, 0.15) is 11.1 Å². The quantitative estimate of drug-likeness (QED) is 0.714. The monoisotopic (exact) mass is 175 g/mol. The van der Waals surface area contributed by atoms with Gasteiger partial charge in [-0.05, 0) is 30.7 Å². The summed E-state index contributed by atoms with van der Waals surface area (Å²) in [6.07, 6.45) is 3.11. The summed E-state index contributed by atoms with van der Waals surface area (Å²) < 4.78 is 0. The maximum Gasteiger partial charge on any atom is 0.123 e. The fourth-order valence-electron chi connectivity index (χ4n) is 1.81. The normalized spacial score (nSPS) is 14.1. The molecule has 2 N–H and O–H groups in total. The third-order valence-electron chi connectivity index (χ3n) is 2.39. The van der Waals surface area contributed by atoms with Gasteiger partial charge in [-0.1, -0.05) is 18.2 Å². The first-order valence-electron chi connectivity index (χ1n) is 4.48. The highest BCUT2D eigenvalue weighted by Gasteiger charge is 2.16.